The summed E-state index contributed by atoms with van der Waals surface area (Å²) in [5.74, 6) is -1.08. The fourth-order valence-electron chi connectivity index (χ4n) is 2.10. The van der Waals surface area contributed by atoms with Crippen molar-refractivity contribution in [3.8, 4) is 0 Å². The molecule has 0 aliphatic heterocycles. The maximum absolute atomic E-state index is 12.0. The van der Waals surface area contributed by atoms with Crippen molar-refractivity contribution in [3.05, 3.63) is 34.9 Å². The zero-order valence-electron chi connectivity index (χ0n) is 11.9. The molecule has 5 heteroatoms. The van der Waals surface area contributed by atoms with Crippen LogP contribution >= 0.6 is 11.6 Å². The van der Waals surface area contributed by atoms with Crippen LogP contribution < -0.4 is 5.32 Å². The highest BCUT2D eigenvalue weighted by Gasteiger charge is 2.26. The lowest BCUT2D eigenvalue weighted by Crippen LogP contribution is -2.32. The smallest absolute Gasteiger partial charge is 0.303 e. The van der Waals surface area contributed by atoms with E-state index in [1.54, 1.807) is 19.9 Å². The van der Waals surface area contributed by atoms with Crippen LogP contribution in [0.3, 0.4) is 0 Å². The number of benzene rings is 1. The first-order valence-corrected chi connectivity index (χ1v) is 6.85. The summed E-state index contributed by atoms with van der Waals surface area (Å²) in [6, 6.07) is 7.11. The Labute approximate surface area is 124 Å². The predicted octanol–water partition coefficient (Wildman–Crippen LogP) is 3.41. The summed E-state index contributed by atoms with van der Waals surface area (Å²) in [4.78, 5) is 22.7. The molecule has 2 N–H and O–H groups in total. The molecule has 0 heterocycles. The van der Waals surface area contributed by atoms with Crippen molar-refractivity contribution in [3.63, 3.8) is 0 Å². The highest BCUT2D eigenvalue weighted by molar-refractivity contribution is 6.31. The number of hydrogen-bond donors (Lipinski definition) is 2. The largest absolute Gasteiger partial charge is 0.481 e. The van der Waals surface area contributed by atoms with Gasteiger partial charge in [0.25, 0.3) is 0 Å². The Balaban J connectivity index is 2.63. The maximum atomic E-state index is 12.0. The van der Waals surface area contributed by atoms with Crippen molar-refractivity contribution >= 4 is 23.5 Å². The fraction of sp³-hybridized carbons (Fsp3) is 0.467. The predicted molar refractivity (Wildman–Crippen MR) is 78.7 cm³/mol. The quantitative estimate of drug-likeness (QED) is 0.845. The molecule has 0 aromatic heterocycles. The van der Waals surface area contributed by atoms with Crippen molar-refractivity contribution in [2.24, 2.45) is 5.41 Å². The molecule has 0 aliphatic carbocycles. The lowest BCUT2D eigenvalue weighted by atomic mass is 9.85. The summed E-state index contributed by atoms with van der Waals surface area (Å²) in [6.45, 7) is 5.38. The fourth-order valence-corrected chi connectivity index (χ4v) is 2.40. The van der Waals surface area contributed by atoms with Crippen molar-refractivity contribution in [2.75, 3.05) is 0 Å². The van der Waals surface area contributed by atoms with Gasteiger partial charge in [0.1, 0.15) is 0 Å². The molecule has 20 heavy (non-hydrogen) atoms. The number of carboxylic acid groups (broad SMARTS) is 1. The Kier molecular flexibility index (Phi) is 5.57. The van der Waals surface area contributed by atoms with Crippen molar-refractivity contribution in [1.82, 2.24) is 5.32 Å². The van der Waals surface area contributed by atoms with Crippen LogP contribution in [0.4, 0.5) is 0 Å². The minimum atomic E-state index is -0.901. The van der Waals surface area contributed by atoms with E-state index in [0.717, 1.165) is 5.56 Å². The summed E-state index contributed by atoms with van der Waals surface area (Å²) < 4.78 is 0. The van der Waals surface area contributed by atoms with Gasteiger partial charge in [-0.1, -0.05) is 43.6 Å². The molecule has 0 saturated heterocycles. The number of carboxylic acids is 1. The summed E-state index contributed by atoms with van der Waals surface area (Å²) >= 11 is 6.08. The van der Waals surface area contributed by atoms with Crippen LogP contribution in [0.15, 0.2) is 24.3 Å². The van der Waals surface area contributed by atoms with Gasteiger partial charge in [-0.2, -0.15) is 0 Å². The zero-order valence-corrected chi connectivity index (χ0v) is 12.7. The average molecular weight is 298 g/mol. The molecule has 0 unspecified atom stereocenters. The van der Waals surface area contributed by atoms with Gasteiger partial charge >= 0.3 is 5.97 Å². The summed E-state index contributed by atoms with van der Waals surface area (Å²) in [7, 11) is 0. The molecule has 1 amide bonds. The van der Waals surface area contributed by atoms with E-state index in [1.807, 2.05) is 25.1 Å². The topological polar surface area (TPSA) is 66.4 Å². The van der Waals surface area contributed by atoms with Crippen LogP contribution in [-0.4, -0.2) is 17.0 Å². The number of carbonyl (C=O) groups excluding carboxylic acids is 1. The third-order valence-electron chi connectivity index (χ3n) is 3.02. The molecule has 0 spiro atoms. The standard InChI is InChI=1S/C15H20ClNO3/c1-10(11-6-4-5-7-12(11)16)17-13(18)8-15(2,3)9-14(19)20/h4-7,10H,8-9H2,1-3H3,(H,17,18)(H,19,20)/t10-/m1/s1. The van der Waals surface area contributed by atoms with Crippen molar-refractivity contribution in [2.45, 2.75) is 39.7 Å². The number of rotatable bonds is 6. The second-order valence-corrected chi connectivity index (χ2v) is 6.13. The first-order valence-electron chi connectivity index (χ1n) is 6.47. The Morgan fingerprint density at radius 2 is 1.90 bits per heavy atom. The van der Waals surface area contributed by atoms with E-state index in [9.17, 15) is 9.59 Å². The Hall–Kier alpha value is -1.55. The lowest BCUT2D eigenvalue weighted by molar-refractivity contribution is -0.139. The number of aliphatic carboxylic acids is 1. The number of halogens is 1. The van der Waals surface area contributed by atoms with E-state index in [1.165, 1.54) is 0 Å². The molecule has 0 fully saturated rings. The second kappa shape index (κ2) is 6.75. The van der Waals surface area contributed by atoms with E-state index in [2.05, 4.69) is 5.32 Å². The normalized spacial score (nSPS) is 12.8. The summed E-state index contributed by atoms with van der Waals surface area (Å²) in [5.41, 5.74) is 0.273. The van der Waals surface area contributed by atoms with E-state index < -0.39 is 11.4 Å². The van der Waals surface area contributed by atoms with Gasteiger partial charge in [0, 0.05) is 11.4 Å². The molecule has 0 aliphatic rings. The maximum Gasteiger partial charge on any atom is 0.303 e. The highest BCUT2D eigenvalue weighted by Crippen LogP contribution is 2.26. The first kappa shape index (κ1) is 16.5. The molecule has 1 rings (SSSR count). The Morgan fingerprint density at radius 3 is 2.45 bits per heavy atom. The van der Waals surface area contributed by atoms with E-state index in [-0.39, 0.29) is 24.8 Å². The highest BCUT2D eigenvalue weighted by atomic mass is 35.5. The van der Waals surface area contributed by atoms with Crippen LogP contribution in [0, 0.1) is 5.41 Å². The van der Waals surface area contributed by atoms with Gasteiger partial charge in [-0.3, -0.25) is 9.59 Å². The molecule has 0 radical (unpaired) electrons. The molecule has 1 atom stereocenters. The van der Waals surface area contributed by atoms with Crippen LogP contribution in [0.2, 0.25) is 5.02 Å². The number of carbonyl (C=O) groups is 2. The minimum Gasteiger partial charge on any atom is -0.481 e. The van der Waals surface area contributed by atoms with Crippen LogP contribution in [0.25, 0.3) is 0 Å². The average Bonchev–Trinajstić information content (AvgIpc) is 2.25. The molecule has 110 valence electrons. The van der Waals surface area contributed by atoms with Gasteiger partial charge in [-0.15, -0.1) is 0 Å². The SMILES string of the molecule is C[C@@H](NC(=O)CC(C)(C)CC(=O)O)c1ccccc1Cl. The van der Waals surface area contributed by atoms with Crippen LogP contribution in [0.1, 0.15) is 45.2 Å². The van der Waals surface area contributed by atoms with Gasteiger partial charge < -0.3 is 10.4 Å². The molecular weight excluding hydrogens is 278 g/mol. The van der Waals surface area contributed by atoms with Crippen molar-refractivity contribution in [1.29, 1.82) is 0 Å². The minimum absolute atomic E-state index is 0.0408. The van der Waals surface area contributed by atoms with Gasteiger partial charge in [-0.05, 0) is 24.0 Å². The number of amides is 1. The molecule has 1 aromatic carbocycles. The van der Waals surface area contributed by atoms with Gasteiger partial charge in [-0.25, -0.2) is 0 Å². The van der Waals surface area contributed by atoms with E-state index in [4.69, 9.17) is 16.7 Å². The molecule has 1 aromatic rings. The second-order valence-electron chi connectivity index (χ2n) is 5.72. The molecule has 0 bridgehead atoms. The van der Waals surface area contributed by atoms with Gasteiger partial charge in [0.15, 0.2) is 0 Å². The summed E-state index contributed by atoms with van der Waals surface area (Å²) in [6.07, 6.45) is 0.120. The van der Waals surface area contributed by atoms with Crippen LogP contribution in [-0.2, 0) is 9.59 Å². The lowest BCUT2D eigenvalue weighted by Gasteiger charge is -2.23. The van der Waals surface area contributed by atoms with Crippen LogP contribution in [0.5, 0.6) is 0 Å². The monoisotopic (exact) mass is 297 g/mol. The zero-order chi connectivity index (χ0) is 15.3. The molecule has 4 nitrogen and oxygen atoms in total. The number of nitrogens with one attached hydrogen (secondary N) is 1. The van der Waals surface area contributed by atoms with Gasteiger partial charge in [0.2, 0.25) is 5.91 Å². The van der Waals surface area contributed by atoms with Gasteiger partial charge in [0.05, 0.1) is 12.5 Å². The molecule has 0 saturated carbocycles. The Bertz CT molecular complexity index is 500. The summed E-state index contributed by atoms with van der Waals surface area (Å²) in [5, 5.41) is 12.3. The Morgan fingerprint density at radius 1 is 1.30 bits per heavy atom. The van der Waals surface area contributed by atoms with Crippen molar-refractivity contribution < 1.29 is 14.7 Å². The van der Waals surface area contributed by atoms with E-state index >= 15 is 0 Å². The third kappa shape index (κ3) is 5.21. The number of hydrogen-bond acceptors (Lipinski definition) is 2. The molecular formula is C15H20ClNO3. The third-order valence-corrected chi connectivity index (χ3v) is 3.36. The first-order chi connectivity index (χ1) is 9.21. The van der Waals surface area contributed by atoms with E-state index in [0.29, 0.717) is 5.02 Å².